The minimum Gasteiger partial charge on any atom is -0.489 e. The van der Waals surface area contributed by atoms with Gasteiger partial charge in [0.25, 0.3) is 0 Å². The highest BCUT2D eigenvalue weighted by Crippen LogP contribution is 2.30. The van der Waals surface area contributed by atoms with Crippen LogP contribution >= 0.6 is 11.6 Å². The number of nitrogens with one attached hydrogen (secondary N) is 2. The maximum absolute atomic E-state index is 9.99. The molecule has 0 aliphatic rings. The van der Waals surface area contributed by atoms with Crippen LogP contribution in [0.25, 0.3) is 22.4 Å². The Bertz CT molecular complexity index is 1460. The number of ether oxygens (including phenoxy) is 1. The highest BCUT2D eigenvalue weighted by molar-refractivity contribution is 6.34. The predicted octanol–water partition coefficient (Wildman–Crippen LogP) is 4.93. The van der Waals surface area contributed by atoms with Crippen molar-refractivity contribution in [3.63, 3.8) is 0 Å². The number of aliphatic hydroxyl groups excluding tert-OH is 1. The minimum atomic E-state index is -0.0222. The van der Waals surface area contributed by atoms with Gasteiger partial charge >= 0.3 is 0 Å². The Kier molecular flexibility index (Phi) is 6.48. The molecule has 0 amide bonds. The lowest BCUT2D eigenvalue weighted by atomic mass is 9.96. The molecule has 0 atom stereocenters. The number of hydrogen-bond acceptors (Lipinski definition) is 6. The fourth-order valence-electron chi connectivity index (χ4n) is 4.22. The Labute approximate surface area is 207 Å². The van der Waals surface area contributed by atoms with Gasteiger partial charge in [-0.2, -0.15) is 0 Å². The lowest BCUT2D eigenvalue weighted by molar-refractivity contribution is 0.281. The molecule has 3 N–H and O–H groups in total. The standard InChI is InChI=1S/C26H25ClN6O2/c1-3-22-28-24-15(2)11-18(13-34)21(25(24)29-22)12-16-7-9-19(10-8-16)35-14-17-5-4-6-20(23(17)27)26-30-32-33-31-26/h4-11,34H,3,12-14H2,1-2H3,(H,28,29)(H,30,31,32,33). The van der Waals surface area contributed by atoms with E-state index < -0.39 is 0 Å². The first-order chi connectivity index (χ1) is 17.1. The summed E-state index contributed by atoms with van der Waals surface area (Å²) in [6, 6.07) is 15.7. The van der Waals surface area contributed by atoms with Crippen LogP contribution in [0.15, 0.2) is 48.5 Å². The third-order valence-corrected chi connectivity index (χ3v) is 6.54. The number of aryl methyl sites for hydroxylation is 2. The van der Waals surface area contributed by atoms with Crippen molar-refractivity contribution in [2.24, 2.45) is 0 Å². The molecular formula is C26H25ClN6O2. The van der Waals surface area contributed by atoms with Gasteiger partial charge in [-0.05, 0) is 57.8 Å². The zero-order valence-electron chi connectivity index (χ0n) is 19.5. The molecule has 0 bridgehead atoms. The van der Waals surface area contributed by atoms with Gasteiger partial charge in [-0.3, -0.25) is 0 Å². The van der Waals surface area contributed by atoms with Crippen molar-refractivity contribution in [1.82, 2.24) is 30.6 Å². The van der Waals surface area contributed by atoms with E-state index in [1.807, 2.05) is 55.5 Å². The van der Waals surface area contributed by atoms with Gasteiger partial charge in [-0.15, -0.1) is 5.10 Å². The van der Waals surface area contributed by atoms with E-state index in [2.05, 4.69) is 32.5 Å². The molecule has 3 aromatic carbocycles. The summed E-state index contributed by atoms with van der Waals surface area (Å²) in [6.45, 7) is 4.41. The average Bonchev–Trinajstić information content (AvgIpc) is 3.56. The first-order valence-corrected chi connectivity index (χ1v) is 11.8. The second kappa shape index (κ2) is 9.85. The predicted molar refractivity (Wildman–Crippen MR) is 134 cm³/mol. The Morgan fingerprint density at radius 2 is 1.91 bits per heavy atom. The van der Waals surface area contributed by atoms with Gasteiger partial charge in [0.05, 0.1) is 22.7 Å². The van der Waals surface area contributed by atoms with Crippen molar-refractivity contribution >= 4 is 22.6 Å². The van der Waals surface area contributed by atoms with Crippen LogP contribution in [0.4, 0.5) is 0 Å². The Morgan fingerprint density at radius 1 is 1.09 bits per heavy atom. The summed E-state index contributed by atoms with van der Waals surface area (Å²) >= 11 is 6.56. The second-order valence-corrected chi connectivity index (χ2v) is 8.77. The molecule has 0 radical (unpaired) electrons. The zero-order chi connectivity index (χ0) is 24.4. The zero-order valence-corrected chi connectivity index (χ0v) is 20.2. The topological polar surface area (TPSA) is 113 Å². The summed E-state index contributed by atoms with van der Waals surface area (Å²) in [4.78, 5) is 8.21. The fraction of sp³-hybridized carbons (Fsp3) is 0.231. The van der Waals surface area contributed by atoms with Crippen LogP contribution in [0.1, 0.15) is 40.6 Å². The molecule has 0 fully saturated rings. The largest absolute Gasteiger partial charge is 0.489 e. The van der Waals surface area contributed by atoms with Crippen LogP contribution in [-0.4, -0.2) is 35.7 Å². The van der Waals surface area contributed by atoms with Crippen LogP contribution in [-0.2, 0) is 26.1 Å². The normalized spacial score (nSPS) is 11.3. The molecule has 5 rings (SSSR count). The second-order valence-electron chi connectivity index (χ2n) is 8.39. The number of hydrogen-bond donors (Lipinski definition) is 3. The monoisotopic (exact) mass is 488 g/mol. The molecule has 2 aromatic heterocycles. The van der Waals surface area contributed by atoms with Gasteiger partial charge in [0.1, 0.15) is 18.2 Å². The molecule has 2 heterocycles. The molecule has 0 unspecified atom stereocenters. The maximum atomic E-state index is 9.99. The number of aromatic amines is 2. The van der Waals surface area contributed by atoms with Gasteiger partial charge in [0, 0.05) is 24.0 Å². The van der Waals surface area contributed by atoms with Crippen molar-refractivity contribution in [2.45, 2.75) is 39.9 Å². The molecule has 0 aliphatic carbocycles. The molecule has 5 aromatic rings. The van der Waals surface area contributed by atoms with Crippen molar-refractivity contribution in [2.75, 3.05) is 0 Å². The summed E-state index contributed by atoms with van der Waals surface area (Å²) in [7, 11) is 0. The van der Waals surface area contributed by atoms with Crippen molar-refractivity contribution in [3.8, 4) is 17.1 Å². The first kappa shape index (κ1) is 23.0. The number of H-pyrrole nitrogens is 2. The lowest BCUT2D eigenvalue weighted by Crippen LogP contribution is -2.00. The molecular weight excluding hydrogens is 464 g/mol. The number of tetrazole rings is 1. The summed E-state index contributed by atoms with van der Waals surface area (Å²) in [5.74, 6) is 2.20. The number of benzene rings is 3. The van der Waals surface area contributed by atoms with Gasteiger partial charge in [0.15, 0.2) is 5.82 Å². The molecule has 0 spiro atoms. The number of fused-ring (bicyclic) bond motifs is 1. The number of aliphatic hydroxyl groups is 1. The Balaban J connectivity index is 1.34. The van der Waals surface area contributed by atoms with Crippen LogP contribution in [0.3, 0.4) is 0 Å². The highest BCUT2D eigenvalue weighted by atomic mass is 35.5. The van der Waals surface area contributed by atoms with E-state index >= 15 is 0 Å². The van der Waals surface area contributed by atoms with E-state index in [4.69, 9.17) is 21.3 Å². The van der Waals surface area contributed by atoms with E-state index in [-0.39, 0.29) is 6.61 Å². The summed E-state index contributed by atoms with van der Waals surface area (Å²) in [5, 5.41) is 24.4. The molecule has 8 nitrogen and oxygen atoms in total. The van der Waals surface area contributed by atoms with E-state index in [9.17, 15) is 5.11 Å². The molecule has 0 saturated heterocycles. The molecule has 178 valence electrons. The Morgan fingerprint density at radius 3 is 2.63 bits per heavy atom. The third-order valence-electron chi connectivity index (χ3n) is 6.09. The first-order valence-electron chi connectivity index (χ1n) is 11.4. The van der Waals surface area contributed by atoms with E-state index in [1.54, 1.807) is 0 Å². The van der Waals surface area contributed by atoms with Gasteiger partial charge in [-0.25, -0.2) is 10.1 Å². The number of halogens is 1. The highest BCUT2D eigenvalue weighted by Gasteiger charge is 2.15. The summed E-state index contributed by atoms with van der Waals surface area (Å²) < 4.78 is 6.00. The quantitative estimate of drug-likeness (QED) is 0.285. The van der Waals surface area contributed by atoms with E-state index in [1.165, 1.54) is 0 Å². The number of aromatic nitrogens is 6. The van der Waals surface area contributed by atoms with E-state index in [0.717, 1.165) is 62.4 Å². The third kappa shape index (κ3) is 4.62. The van der Waals surface area contributed by atoms with Crippen LogP contribution < -0.4 is 4.74 Å². The lowest BCUT2D eigenvalue weighted by Gasteiger charge is -2.12. The fourth-order valence-corrected chi connectivity index (χ4v) is 4.49. The van der Waals surface area contributed by atoms with Gasteiger partial charge in [0.2, 0.25) is 0 Å². The average molecular weight is 489 g/mol. The Hall–Kier alpha value is -3.75. The van der Waals surface area contributed by atoms with Crippen LogP contribution in [0.2, 0.25) is 5.02 Å². The smallest absolute Gasteiger partial charge is 0.180 e. The van der Waals surface area contributed by atoms with Crippen molar-refractivity contribution in [1.29, 1.82) is 0 Å². The van der Waals surface area contributed by atoms with Crippen molar-refractivity contribution in [3.05, 3.63) is 87.2 Å². The molecule has 9 heteroatoms. The van der Waals surface area contributed by atoms with Crippen LogP contribution in [0.5, 0.6) is 5.75 Å². The molecule has 0 aliphatic heterocycles. The molecule has 35 heavy (non-hydrogen) atoms. The number of nitrogens with zero attached hydrogens (tertiary/aromatic N) is 4. The van der Waals surface area contributed by atoms with Crippen molar-refractivity contribution < 1.29 is 9.84 Å². The number of imidazole rings is 1. The summed E-state index contributed by atoms with van der Waals surface area (Å²) in [6.07, 6.45) is 1.50. The van der Waals surface area contributed by atoms with Gasteiger partial charge in [-0.1, -0.05) is 48.9 Å². The SMILES string of the molecule is CCc1nc2c(Cc3ccc(OCc4cccc(-c5nnn[nH]5)c4Cl)cc3)c(CO)cc(C)c2[nH]1. The van der Waals surface area contributed by atoms with E-state index in [0.29, 0.717) is 23.9 Å². The number of rotatable bonds is 8. The van der Waals surface area contributed by atoms with Gasteiger partial charge < -0.3 is 14.8 Å². The summed E-state index contributed by atoms with van der Waals surface area (Å²) in [5.41, 5.74) is 7.68. The maximum Gasteiger partial charge on any atom is 0.180 e. The minimum absolute atomic E-state index is 0.0222. The molecule has 0 saturated carbocycles. The van der Waals surface area contributed by atoms with Crippen LogP contribution in [0, 0.1) is 6.92 Å².